The number of allylic oxidation sites excluding steroid dienone is 2. The number of fused-ring (bicyclic) bond motifs is 5. The summed E-state index contributed by atoms with van der Waals surface area (Å²) in [5.74, 6) is -1.30. The van der Waals surface area contributed by atoms with Crippen LogP contribution in [0, 0.1) is 45.3 Å². The van der Waals surface area contributed by atoms with Crippen molar-refractivity contribution in [2.75, 3.05) is 19.8 Å². The van der Waals surface area contributed by atoms with Gasteiger partial charge in [0.05, 0.1) is 43.7 Å². The van der Waals surface area contributed by atoms with Crippen LogP contribution in [0.2, 0.25) is 0 Å². The van der Waals surface area contributed by atoms with Gasteiger partial charge in [-0.1, -0.05) is 39.3 Å². The zero-order chi connectivity index (χ0) is 47.8. The van der Waals surface area contributed by atoms with Gasteiger partial charge in [0.15, 0.2) is 18.9 Å². The van der Waals surface area contributed by atoms with Gasteiger partial charge in [-0.25, -0.2) is 0 Å². The van der Waals surface area contributed by atoms with Gasteiger partial charge >= 0.3 is 0 Å². The molecule has 0 radical (unpaired) electrons. The average Bonchev–Trinajstić information content (AvgIpc) is 3.65. The molecule has 7 rings (SSSR count). The topological polar surface area (TPSA) is 295 Å². The fourth-order valence-corrected chi connectivity index (χ4v) is 14.2. The van der Waals surface area contributed by atoms with E-state index in [1.165, 1.54) is 6.92 Å². The van der Waals surface area contributed by atoms with Crippen LogP contribution in [0.3, 0.4) is 0 Å². The molecule has 7 fully saturated rings. The maximum Gasteiger partial charge on any atom is 0.187 e. The molecule has 0 aromatic rings. The minimum atomic E-state index is -1.67. The number of ether oxygens (including phenoxy) is 6. The Kier molecular flexibility index (Phi) is 15.2. The van der Waals surface area contributed by atoms with Crippen molar-refractivity contribution in [1.82, 2.24) is 0 Å². The van der Waals surface area contributed by atoms with Gasteiger partial charge in [0.25, 0.3) is 0 Å². The molecule has 3 aliphatic heterocycles. The molecule has 7 aliphatic rings. The van der Waals surface area contributed by atoms with Crippen molar-refractivity contribution in [1.29, 1.82) is 0 Å². The number of hydrogen-bond donors (Lipinski definition) is 11. The Balaban J connectivity index is 1.12. The predicted octanol–water partition coefficient (Wildman–Crippen LogP) is -0.209. The van der Waals surface area contributed by atoms with Crippen LogP contribution in [-0.2, 0) is 33.2 Å². The molecule has 0 amide bonds. The van der Waals surface area contributed by atoms with Crippen LogP contribution in [0.5, 0.6) is 0 Å². The molecular weight excluding hydrogens is 852 g/mol. The minimum absolute atomic E-state index is 0.207. The lowest BCUT2D eigenvalue weighted by atomic mass is 9.35. The summed E-state index contributed by atoms with van der Waals surface area (Å²) in [7, 11) is 0. The lowest BCUT2D eigenvalue weighted by molar-refractivity contribution is -0.364. The molecule has 4 saturated carbocycles. The van der Waals surface area contributed by atoms with Crippen molar-refractivity contribution in [3.05, 3.63) is 11.6 Å². The lowest BCUT2D eigenvalue weighted by Crippen LogP contribution is -2.68. The number of rotatable bonds is 13. The van der Waals surface area contributed by atoms with Crippen LogP contribution in [-0.4, -0.2) is 186 Å². The van der Waals surface area contributed by atoms with Gasteiger partial charge in [-0.05, 0) is 118 Å². The second-order valence-corrected chi connectivity index (χ2v) is 22.1. The maximum atomic E-state index is 14.0. The zero-order valence-electron chi connectivity index (χ0n) is 39.0. The highest BCUT2D eigenvalue weighted by Gasteiger charge is 2.73. The zero-order valence-corrected chi connectivity index (χ0v) is 39.0. The monoisotopic (exact) mass is 931 g/mol. The van der Waals surface area contributed by atoms with E-state index in [-0.39, 0.29) is 31.5 Å². The Hall–Kier alpha value is -1.27. The summed E-state index contributed by atoms with van der Waals surface area (Å²) >= 11 is 0. The molecule has 374 valence electrons. The molecule has 3 saturated heterocycles. The maximum absolute atomic E-state index is 14.0. The number of hydrogen-bond acceptors (Lipinski definition) is 18. The van der Waals surface area contributed by atoms with Gasteiger partial charge < -0.3 is 89.4 Å². The molecule has 65 heavy (non-hydrogen) atoms. The van der Waals surface area contributed by atoms with E-state index in [0.29, 0.717) is 44.9 Å². The molecule has 4 aliphatic carbocycles. The van der Waals surface area contributed by atoms with E-state index in [2.05, 4.69) is 27.7 Å². The third-order valence-corrected chi connectivity index (χ3v) is 18.1. The summed E-state index contributed by atoms with van der Waals surface area (Å²) in [5, 5.41) is 120. The van der Waals surface area contributed by atoms with Crippen molar-refractivity contribution in [3.63, 3.8) is 0 Å². The number of carbonyl (C=O) groups excluding carboxylic acids is 1. The largest absolute Gasteiger partial charge is 0.394 e. The van der Waals surface area contributed by atoms with Gasteiger partial charge in [0, 0.05) is 5.41 Å². The van der Waals surface area contributed by atoms with Crippen molar-refractivity contribution in [2.45, 2.75) is 210 Å². The summed E-state index contributed by atoms with van der Waals surface area (Å²) in [6, 6.07) is 0. The minimum Gasteiger partial charge on any atom is -0.394 e. The quantitative estimate of drug-likeness (QED) is 0.0647. The summed E-state index contributed by atoms with van der Waals surface area (Å²) in [4.78, 5) is 14.0. The number of carbonyl (C=O) groups is 1. The fraction of sp³-hybridized carbons (Fsp3) is 0.936. The van der Waals surface area contributed by atoms with Crippen LogP contribution in [0.4, 0.5) is 0 Å². The van der Waals surface area contributed by atoms with Crippen LogP contribution >= 0.6 is 0 Å². The SMILES string of the molecule is CC(C)=CCCC(O)(CO[C@@H]1O[C@H](CO)[C@@H](O)[C@H](O)[C@H]1O)C1CCC2(C)C1C(O)CC1C3(C=O)CCC(O[C@@H]4OC[C@H](O)[C@@H](O)[C@H]4OC4O[C@H](C)[C@H](O)[C@@H](O)[C@H]4O)C(C)(C)C3CCC12C. The highest BCUT2D eigenvalue weighted by atomic mass is 16.8. The standard InChI is InChI=1S/C47H78O18/c1-22(2)9-8-13-47(59,21-61-40-37(57)36(56)34(54)27(18-48)63-40)24-10-14-45(7)31(24)25(50)17-29-44(45,6)15-11-28-43(4,5)30(12-16-46(28,29)20-49)64-42-39(33(53)26(51)19-60-42)65-41-38(58)35(55)32(52)23(3)62-41/h9,20,23-42,48,50-59H,8,10-19,21H2,1-7H3/t23-,24?,25?,26+,27-,28?,29?,30?,31?,32+,33-,34-,35-,36+,37-,38-,39-,40-,41?,42+,44?,45?,46?,47?/m1/s1. The van der Waals surface area contributed by atoms with Crippen molar-refractivity contribution >= 4 is 6.29 Å². The van der Waals surface area contributed by atoms with Crippen molar-refractivity contribution in [3.8, 4) is 0 Å². The van der Waals surface area contributed by atoms with Crippen LogP contribution in [0.15, 0.2) is 11.6 Å². The van der Waals surface area contributed by atoms with Crippen molar-refractivity contribution in [2.24, 2.45) is 45.3 Å². The van der Waals surface area contributed by atoms with Gasteiger partial charge in [0.1, 0.15) is 67.3 Å². The van der Waals surface area contributed by atoms with E-state index in [4.69, 9.17) is 28.4 Å². The molecule has 24 atom stereocenters. The van der Waals surface area contributed by atoms with Crippen molar-refractivity contribution < 1.29 is 89.4 Å². The first kappa shape index (κ1) is 51.6. The highest BCUT2D eigenvalue weighted by molar-refractivity contribution is 5.62. The van der Waals surface area contributed by atoms with Gasteiger partial charge in [-0.15, -0.1) is 0 Å². The third kappa shape index (κ3) is 8.74. The third-order valence-electron chi connectivity index (χ3n) is 18.1. The first-order valence-electron chi connectivity index (χ1n) is 23.8. The van der Waals surface area contributed by atoms with Crippen LogP contribution < -0.4 is 0 Å². The van der Waals surface area contributed by atoms with E-state index in [1.807, 2.05) is 19.9 Å². The predicted molar refractivity (Wildman–Crippen MR) is 228 cm³/mol. The molecule has 11 N–H and O–H groups in total. The summed E-state index contributed by atoms with van der Waals surface area (Å²) in [5.41, 5.74) is -2.97. The Morgan fingerprint density at radius 3 is 2.06 bits per heavy atom. The molecule has 18 heteroatoms. The Morgan fingerprint density at radius 2 is 1.40 bits per heavy atom. The molecule has 0 bridgehead atoms. The molecule has 18 nitrogen and oxygen atoms in total. The molecule has 11 unspecified atom stereocenters. The molecule has 0 spiro atoms. The van der Waals surface area contributed by atoms with E-state index in [0.717, 1.165) is 18.3 Å². The fourth-order valence-electron chi connectivity index (χ4n) is 14.2. The van der Waals surface area contributed by atoms with Crippen LogP contribution in [0.1, 0.15) is 106 Å². The number of aliphatic hydroxyl groups excluding tert-OH is 10. The van der Waals surface area contributed by atoms with Crippen LogP contribution in [0.25, 0.3) is 0 Å². The Labute approximate surface area is 381 Å². The lowest BCUT2D eigenvalue weighted by Gasteiger charge is -2.70. The molecule has 3 heterocycles. The van der Waals surface area contributed by atoms with E-state index >= 15 is 0 Å². The second-order valence-electron chi connectivity index (χ2n) is 22.1. The van der Waals surface area contributed by atoms with E-state index < -0.39 is 144 Å². The first-order valence-corrected chi connectivity index (χ1v) is 23.8. The second kappa shape index (κ2) is 19.1. The smallest absolute Gasteiger partial charge is 0.187 e. The normalized spacial score (nSPS) is 51.8. The Bertz CT molecular complexity index is 1680. The number of aldehydes is 1. The van der Waals surface area contributed by atoms with Gasteiger partial charge in [-0.3, -0.25) is 0 Å². The Morgan fingerprint density at radius 1 is 0.738 bits per heavy atom. The first-order chi connectivity index (χ1) is 30.4. The van der Waals surface area contributed by atoms with E-state index in [1.54, 1.807) is 0 Å². The van der Waals surface area contributed by atoms with Gasteiger partial charge in [0.2, 0.25) is 0 Å². The summed E-state index contributed by atoms with van der Waals surface area (Å²) < 4.78 is 36.0. The van der Waals surface area contributed by atoms with Gasteiger partial charge in [-0.2, -0.15) is 0 Å². The molecular formula is C47H78O18. The van der Waals surface area contributed by atoms with E-state index in [9.17, 15) is 61.0 Å². The molecule has 0 aromatic carbocycles. The highest BCUT2D eigenvalue weighted by Crippen LogP contribution is 2.75. The summed E-state index contributed by atoms with van der Waals surface area (Å²) in [6.07, 6.45) is -13.8. The summed E-state index contributed by atoms with van der Waals surface area (Å²) in [6.45, 7) is 12.8. The average molecular weight is 931 g/mol. The number of aliphatic hydroxyl groups is 11. The molecule has 0 aromatic heterocycles.